The zero-order valence-corrected chi connectivity index (χ0v) is 15.7. The van der Waals surface area contributed by atoms with Crippen molar-refractivity contribution < 1.29 is 5.11 Å². The van der Waals surface area contributed by atoms with Gasteiger partial charge in [-0.3, -0.25) is 4.90 Å². The Morgan fingerprint density at radius 1 is 1.00 bits per heavy atom. The van der Waals surface area contributed by atoms with Crippen LogP contribution < -0.4 is 0 Å². The molecule has 3 rings (SSSR count). The lowest BCUT2D eigenvalue weighted by Crippen LogP contribution is -2.39. The summed E-state index contributed by atoms with van der Waals surface area (Å²) in [6.45, 7) is 9.92. The third kappa shape index (κ3) is 4.81. The molecule has 1 aromatic carbocycles. The van der Waals surface area contributed by atoms with Crippen molar-refractivity contribution in [2.75, 3.05) is 33.2 Å². The molecule has 24 heavy (non-hydrogen) atoms. The first kappa shape index (κ1) is 17.9. The highest BCUT2D eigenvalue weighted by molar-refractivity contribution is 5.23. The molecule has 3 heteroatoms. The second kappa shape index (κ2) is 7.15. The molecule has 2 aliphatic rings. The second-order valence-corrected chi connectivity index (χ2v) is 8.89. The van der Waals surface area contributed by atoms with Crippen LogP contribution in [0.15, 0.2) is 24.3 Å². The average molecular weight is 331 g/mol. The fourth-order valence-electron chi connectivity index (χ4n) is 4.18. The Bertz CT molecular complexity index is 524. The molecule has 2 aliphatic heterocycles. The van der Waals surface area contributed by atoms with Crippen molar-refractivity contribution in [1.82, 2.24) is 9.80 Å². The van der Waals surface area contributed by atoms with Gasteiger partial charge in [-0.15, -0.1) is 0 Å². The first-order valence-electron chi connectivity index (χ1n) is 9.55. The molecule has 2 saturated heterocycles. The van der Waals surface area contributed by atoms with Crippen LogP contribution in [0, 0.1) is 5.41 Å². The highest BCUT2D eigenvalue weighted by atomic mass is 16.3. The second-order valence-electron chi connectivity index (χ2n) is 8.89. The van der Waals surface area contributed by atoms with Crippen molar-refractivity contribution in [3.63, 3.8) is 0 Å². The molecule has 0 amide bonds. The van der Waals surface area contributed by atoms with Crippen LogP contribution in [0.4, 0.5) is 0 Å². The fourth-order valence-corrected chi connectivity index (χ4v) is 4.18. The Kier molecular flexibility index (Phi) is 5.33. The van der Waals surface area contributed by atoms with E-state index < -0.39 is 5.60 Å². The first-order chi connectivity index (χ1) is 11.3. The van der Waals surface area contributed by atoms with Crippen LogP contribution in [0.5, 0.6) is 0 Å². The highest BCUT2D eigenvalue weighted by Crippen LogP contribution is 2.40. The van der Waals surface area contributed by atoms with E-state index in [2.05, 4.69) is 41.1 Å². The van der Waals surface area contributed by atoms with Crippen molar-refractivity contribution in [3.8, 4) is 0 Å². The van der Waals surface area contributed by atoms with Gasteiger partial charge in [0.25, 0.3) is 0 Å². The van der Waals surface area contributed by atoms with Crippen LogP contribution in [0.3, 0.4) is 0 Å². The number of aryl methyl sites for hydroxylation is 1. The molecule has 2 fully saturated rings. The molecule has 0 aliphatic carbocycles. The van der Waals surface area contributed by atoms with E-state index in [4.69, 9.17) is 0 Å². The molecule has 0 radical (unpaired) electrons. The normalized spacial score (nSPS) is 22.3. The van der Waals surface area contributed by atoms with Crippen molar-refractivity contribution in [1.29, 1.82) is 0 Å². The van der Waals surface area contributed by atoms with E-state index >= 15 is 0 Å². The van der Waals surface area contributed by atoms with Gasteiger partial charge < -0.3 is 10.0 Å². The summed E-state index contributed by atoms with van der Waals surface area (Å²) in [4.78, 5) is 5.12. The molecule has 0 saturated carbocycles. The number of rotatable bonds is 5. The minimum absolute atomic E-state index is 0.573. The molecule has 0 bridgehead atoms. The molecule has 134 valence electrons. The quantitative estimate of drug-likeness (QED) is 0.897. The standard InChI is InChI=1S/C21H34N2O/c1-20(2,24)9-8-18-4-6-19(7-5-18)16-23-15-12-21(17-23)10-13-22(3)14-11-21/h4-7,24H,8-17H2,1-3H3. The Hall–Kier alpha value is -0.900. The van der Waals surface area contributed by atoms with Crippen molar-refractivity contribution in [2.45, 2.75) is 58.1 Å². The maximum absolute atomic E-state index is 9.85. The summed E-state index contributed by atoms with van der Waals surface area (Å²) in [5.41, 5.74) is 2.77. The lowest BCUT2D eigenvalue weighted by atomic mass is 9.78. The molecule has 1 spiro atoms. The molecule has 3 nitrogen and oxygen atoms in total. The molecule has 0 aromatic heterocycles. The largest absolute Gasteiger partial charge is 0.390 e. The van der Waals surface area contributed by atoms with Crippen LogP contribution in [0.25, 0.3) is 0 Å². The topological polar surface area (TPSA) is 26.7 Å². The smallest absolute Gasteiger partial charge is 0.0594 e. The monoisotopic (exact) mass is 330 g/mol. The van der Waals surface area contributed by atoms with E-state index in [9.17, 15) is 5.11 Å². The van der Waals surface area contributed by atoms with Gasteiger partial charge >= 0.3 is 0 Å². The first-order valence-corrected chi connectivity index (χ1v) is 9.55. The minimum atomic E-state index is -0.573. The summed E-state index contributed by atoms with van der Waals surface area (Å²) < 4.78 is 0. The number of hydrogen-bond donors (Lipinski definition) is 1. The Morgan fingerprint density at radius 2 is 1.58 bits per heavy atom. The lowest BCUT2D eigenvalue weighted by molar-refractivity contribution is 0.0714. The predicted octanol–water partition coefficient (Wildman–Crippen LogP) is 3.31. The van der Waals surface area contributed by atoms with E-state index in [1.54, 1.807) is 0 Å². The van der Waals surface area contributed by atoms with E-state index in [-0.39, 0.29) is 0 Å². The van der Waals surface area contributed by atoms with Gasteiger partial charge in [0.1, 0.15) is 0 Å². The SMILES string of the molecule is CN1CCC2(CC1)CCN(Cc1ccc(CCC(C)(C)O)cc1)C2. The van der Waals surface area contributed by atoms with Crippen molar-refractivity contribution in [3.05, 3.63) is 35.4 Å². The van der Waals surface area contributed by atoms with Gasteiger partial charge in [-0.25, -0.2) is 0 Å². The molecule has 0 unspecified atom stereocenters. The third-order valence-corrected chi connectivity index (χ3v) is 6.02. The van der Waals surface area contributed by atoms with Gasteiger partial charge in [0.05, 0.1) is 5.60 Å². The number of likely N-dealkylation sites (tertiary alicyclic amines) is 2. The van der Waals surface area contributed by atoms with Crippen molar-refractivity contribution in [2.24, 2.45) is 5.41 Å². The van der Waals surface area contributed by atoms with Crippen LogP contribution in [-0.4, -0.2) is 53.7 Å². The van der Waals surface area contributed by atoms with Gasteiger partial charge in [0, 0.05) is 13.1 Å². The number of piperidine rings is 1. The fraction of sp³-hybridized carbons (Fsp3) is 0.714. The number of hydrogen-bond acceptors (Lipinski definition) is 3. The van der Waals surface area contributed by atoms with Gasteiger partial charge in [-0.1, -0.05) is 24.3 Å². The lowest BCUT2D eigenvalue weighted by Gasteiger charge is -2.37. The average Bonchev–Trinajstić information content (AvgIpc) is 2.92. The zero-order chi connectivity index (χ0) is 17.2. The van der Waals surface area contributed by atoms with Gasteiger partial charge in [-0.2, -0.15) is 0 Å². The summed E-state index contributed by atoms with van der Waals surface area (Å²) in [6, 6.07) is 9.03. The molecular formula is C21H34N2O. The van der Waals surface area contributed by atoms with Gasteiger partial charge in [0.15, 0.2) is 0 Å². The van der Waals surface area contributed by atoms with Crippen LogP contribution in [0.1, 0.15) is 50.7 Å². The summed E-state index contributed by atoms with van der Waals surface area (Å²) in [5.74, 6) is 0. The summed E-state index contributed by atoms with van der Waals surface area (Å²) in [7, 11) is 2.25. The Labute approximate surface area is 147 Å². The van der Waals surface area contributed by atoms with Crippen LogP contribution >= 0.6 is 0 Å². The van der Waals surface area contributed by atoms with E-state index in [1.165, 1.54) is 56.6 Å². The molecule has 2 heterocycles. The van der Waals surface area contributed by atoms with Crippen molar-refractivity contribution >= 4 is 0 Å². The third-order valence-electron chi connectivity index (χ3n) is 6.02. The maximum Gasteiger partial charge on any atom is 0.0594 e. The van der Waals surface area contributed by atoms with Gasteiger partial charge in [-0.05, 0) is 89.2 Å². The summed E-state index contributed by atoms with van der Waals surface area (Å²) in [5, 5.41) is 9.85. The Morgan fingerprint density at radius 3 is 2.21 bits per heavy atom. The summed E-state index contributed by atoms with van der Waals surface area (Å²) >= 11 is 0. The predicted molar refractivity (Wildman–Crippen MR) is 100 cm³/mol. The Balaban J connectivity index is 1.50. The van der Waals surface area contributed by atoms with E-state index in [0.29, 0.717) is 5.41 Å². The molecule has 1 N–H and O–H groups in total. The summed E-state index contributed by atoms with van der Waals surface area (Å²) in [6.07, 6.45) is 5.88. The highest BCUT2D eigenvalue weighted by Gasteiger charge is 2.39. The molecular weight excluding hydrogens is 296 g/mol. The van der Waals surface area contributed by atoms with Crippen LogP contribution in [0.2, 0.25) is 0 Å². The molecule has 0 atom stereocenters. The van der Waals surface area contributed by atoms with E-state index in [0.717, 1.165) is 19.4 Å². The maximum atomic E-state index is 9.85. The number of benzene rings is 1. The van der Waals surface area contributed by atoms with Gasteiger partial charge in [0.2, 0.25) is 0 Å². The van der Waals surface area contributed by atoms with Crippen LogP contribution in [-0.2, 0) is 13.0 Å². The minimum Gasteiger partial charge on any atom is -0.390 e. The zero-order valence-electron chi connectivity index (χ0n) is 15.7. The number of aliphatic hydroxyl groups is 1. The number of nitrogens with zero attached hydrogens (tertiary/aromatic N) is 2. The van der Waals surface area contributed by atoms with E-state index in [1.807, 2.05) is 13.8 Å². The molecule has 1 aromatic rings.